The number of benzene rings is 2. The number of rotatable bonds is 7. The van der Waals surface area contributed by atoms with Crippen LogP contribution in [0.2, 0.25) is 0 Å². The molecule has 1 N–H and O–H groups in total. The maximum Gasteiger partial charge on any atom is 0.233 e. The van der Waals surface area contributed by atoms with Crippen molar-refractivity contribution in [3.63, 3.8) is 0 Å². The number of carbonyl (C=O) groups is 1. The van der Waals surface area contributed by atoms with E-state index < -0.39 is 10.0 Å². The van der Waals surface area contributed by atoms with Gasteiger partial charge in [-0.2, -0.15) is 0 Å². The lowest BCUT2D eigenvalue weighted by Gasteiger charge is -2.10. The number of nitrogens with zero attached hydrogens (tertiary/aromatic N) is 3. The molecule has 8 heteroatoms. The van der Waals surface area contributed by atoms with Gasteiger partial charge in [-0.15, -0.1) is 12.3 Å². The van der Waals surface area contributed by atoms with Gasteiger partial charge < -0.3 is 0 Å². The molecule has 154 valence electrons. The molecule has 0 radical (unpaired) electrons. The van der Waals surface area contributed by atoms with Gasteiger partial charge in [-0.3, -0.25) is 13.9 Å². The smallest absolute Gasteiger partial charge is 0.233 e. The summed E-state index contributed by atoms with van der Waals surface area (Å²) in [6.07, 6.45) is 8.43. The Morgan fingerprint density at radius 2 is 1.87 bits per heavy atom. The fourth-order valence-corrected chi connectivity index (χ4v) is 4.16. The molecule has 0 spiro atoms. The third-order valence-corrected chi connectivity index (χ3v) is 5.92. The second kappa shape index (κ2) is 8.42. The van der Waals surface area contributed by atoms with Crippen LogP contribution in [-0.2, 0) is 10.0 Å². The summed E-state index contributed by atoms with van der Waals surface area (Å²) >= 11 is 0. The number of aromatic nitrogens is 3. The van der Waals surface area contributed by atoms with Crippen molar-refractivity contribution >= 4 is 27.1 Å². The highest BCUT2D eigenvalue weighted by Gasteiger charge is 2.18. The van der Waals surface area contributed by atoms with Crippen molar-refractivity contribution in [3.8, 4) is 23.6 Å². The van der Waals surface area contributed by atoms with Crippen molar-refractivity contribution in [1.82, 2.24) is 14.4 Å². The number of terminal acetylenes is 1. The van der Waals surface area contributed by atoms with E-state index >= 15 is 0 Å². The fraction of sp³-hybridized carbons (Fsp3) is 0.0870. The number of imidazole rings is 1. The van der Waals surface area contributed by atoms with E-state index in [4.69, 9.17) is 6.42 Å². The first kappa shape index (κ1) is 20.3. The van der Waals surface area contributed by atoms with Crippen molar-refractivity contribution in [3.05, 3.63) is 84.4 Å². The summed E-state index contributed by atoms with van der Waals surface area (Å²) in [7, 11) is -3.54. The van der Waals surface area contributed by atoms with Gasteiger partial charge in [0.05, 0.1) is 11.4 Å². The van der Waals surface area contributed by atoms with Crippen LogP contribution in [0.5, 0.6) is 0 Å². The van der Waals surface area contributed by atoms with Crippen LogP contribution in [0.3, 0.4) is 0 Å². The summed E-state index contributed by atoms with van der Waals surface area (Å²) in [5.41, 5.74) is 3.07. The summed E-state index contributed by atoms with van der Waals surface area (Å²) in [6.45, 7) is 0. The molecule has 2 heterocycles. The third kappa shape index (κ3) is 4.32. The van der Waals surface area contributed by atoms with Crippen LogP contribution < -0.4 is 4.72 Å². The predicted molar refractivity (Wildman–Crippen MR) is 119 cm³/mol. The number of nitrogens with one attached hydrogen (secondary N) is 1. The molecular formula is C23H18N4O3S. The van der Waals surface area contributed by atoms with Crippen LogP contribution in [0.4, 0.5) is 5.69 Å². The minimum absolute atomic E-state index is 0.132. The quantitative estimate of drug-likeness (QED) is 0.358. The van der Waals surface area contributed by atoms with Crippen molar-refractivity contribution < 1.29 is 13.2 Å². The van der Waals surface area contributed by atoms with Crippen molar-refractivity contribution in [2.24, 2.45) is 0 Å². The molecule has 0 saturated heterocycles. The van der Waals surface area contributed by atoms with Gasteiger partial charge >= 0.3 is 0 Å². The molecule has 7 nitrogen and oxygen atoms in total. The second-order valence-corrected chi connectivity index (χ2v) is 8.61. The van der Waals surface area contributed by atoms with E-state index in [0.717, 1.165) is 5.56 Å². The highest BCUT2D eigenvalue weighted by molar-refractivity contribution is 7.92. The number of anilines is 1. The van der Waals surface area contributed by atoms with Gasteiger partial charge in [0.2, 0.25) is 15.8 Å². The molecule has 31 heavy (non-hydrogen) atoms. The van der Waals surface area contributed by atoms with E-state index in [-0.39, 0.29) is 23.7 Å². The Kier molecular flexibility index (Phi) is 5.52. The van der Waals surface area contributed by atoms with Crippen molar-refractivity contribution in [1.29, 1.82) is 0 Å². The average molecular weight is 430 g/mol. The second-order valence-electron chi connectivity index (χ2n) is 6.77. The molecule has 0 unspecified atom stereocenters. The summed E-state index contributed by atoms with van der Waals surface area (Å²) in [4.78, 5) is 21.5. The van der Waals surface area contributed by atoms with Crippen LogP contribution in [-0.4, -0.2) is 34.3 Å². The molecule has 0 bridgehead atoms. The molecule has 0 fully saturated rings. The van der Waals surface area contributed by atoms with Gasteiger partial charge in [0.15, 0.2) is 11.3 Å². The Hall–Kier alpha value is -3.96. The lowest BCUT2D eigenvalue weighted by molar-refractivity contribution is 0.103. The molecule has 0 aliphatic rings. The lowest BCUT2D eigenvalue weighted by atomic mass is 10.1. The Balaban J connectivity index is 1.71. The first-order valence-electron chi connectivity index (χ1n) is 9.45. The Bertz CT molecular complexity index is 1400. The fourth-order valence-electron chi connectivity index (χ4n) is 3.19. The lowest BCUT2D eigenvalue weighted by Crippen LogP contribution is -2.16. The third-order valence-electron chi connectivity index (χ3n) is 4.63. The average Bonchev–Trinajstić information content (AvgIpc) is 3.22. The maximum absolute atomic E-state index is 12.9. The zero-order valence-electron chi connectivity index (χ0n) is 16.4. The minimum Gasteiger partial charge on any atom is -0.287 e. The molecule has 4 aromatic rings. The molecule has 0 aliphatic carbocycles. The van der Waals surface area contributed by atoms with Crippen molar-refractivity contribution in [2.75, 3.05) is 10.5 Å². The van der Waals surface area contributed by atoms with Crippen LogP contribution in [0.15, 0.2) is 73.2 Å². The van der Waals surface area contributed by atoms with Crippen molar-refractivity contribution in [2.45, 2.75) is 6.42 Å². The highest BCUT2D eigenvalue weighted by atomic mass is 32.2. The highest BCUT2D eigenvalue weighted by Crippen LogP contribution is 2.25. The van der Waals surface area contributed by atoms with Gasteiger partial charge in [0.1, 0.15) is 6.33 Å². The van der Waals surface area contributed by atoms with Gasteiger partial charge in [0.25, 0.3) is 0 Å². The number of sulfonamides is 1. The SMILES string of the molecule is C#CCCS(=O)(=O)Nc1cccc(-c2ccnc3c(C(=O)c4ccccc4)ncn23)c1. The summed E-state index contributed by atoms with van der Waals surface area (Å²) in [5, 5.41) is 0. The van der Waals surface area contributed by atoms with Crippen LogP contribution >= 0.6 is 0 Å². The van der Waals surface area contributed by atoms with E-state index in [1.54, 1.807) is 59.1 Å². The number of fused-ring (bicyclic) bond motifs is 1. The molecule has 2 aromatic carbocycles. The molecule has 2 aromatic heterocycles. The van der Waals surface area contributed by atoms with Gasteiger partial charge in [-0.25, -0.2) is 18.4 Å². The van der Waals surface area contributed by atoms with Crippen LogP contribution in [0.1, 0.15) is 22.5 Å². The predicted octanol–water partition coefficient (Wildman–Crippen LogP) is 3.39. The molecule has 4 rings (SSSR count). The summed E-state index contributed by atoms with van der Waals surface area (Å²) in [6, 6.07) is 17.6. The molecule has 0 saturated carbocycles. The molecule has 0 atom stereocenters. The monoisotopic (exact) mass is 430 g/mol. The first-order valence-corrected chi connectivity index (χ1v) is 11.1. The molecule has 0 amide bonds. The van der Waals surface area contributed by atoms with E-state index in [2.05, 4.69) is 20.6 Å². The van der Waals surface area contributed by atoms with E-state index in [1.165, 1.54) is 6.33 Å². The van der Waals surface area contributed by atoms with E-state index in [1.807, 2.05) is 12.1 Å². The number of hydrogen-bond acceptors (Lipinski definition) is 5. The Morgan fingerprint density at radius 1 is 1.06 bits per heavy atom. The number of ketones is 1. The number of carbonyl (C=O) groups excluding carboxylic acids is 1. The first-order chi connectivity index (χ1) is 15.0. The largest absolute Gasteiger partial charge is 0.287 e. The zero-order chi connectivity index (χ0) is 21.8. The Labute approximate surface area is 179 Å². The van der Waals surface area contributed by atoms with E-state index in [0.29, 0.717) is 22.6 Å². The summed E-state index contributed by atoms with van der Waals surface area (Å²) < 4.78 is 28.6. The normalized spacial score (nSPS) is 11.2. The van der Waals surface area contributed by atoms with Crippen LogP contribution in [0, 0.1) is 12.3 Å². The van der Waals surface area contributed by atoms with Gasteiger partial charge in [-0.05, 0) is 18.2 Å². The van der Waals surface area contributed by atoms with E-state index in [9.17, 15) is 13.2 Å². The topological polar surface area (TPSA) is 93.4 Å². The Morgan fingerprint density at radius 3 is 2.65 bits per heavy atom. The number of hydrogen-bond donors (Lipinski definition) is 1. The minimum atomic E-state index is -3.54. The standard InChI is InChI=1S/C23H18N4O3S/c1-2-3-14-31(29,30)26-19-11-7-10-18(15-19)20-12-13-24-23-21(25-16-27(20)23)22(28)17-8-5-4-6-9-17/h1,4-13,15-16,26H,3,14H2. The van der Waals surface area contributed by atoms with Gasteiger partial charge in [0, 0.05) is 29.4 Å². The maximum atomic E-state index is 12.9. The summed E-state index contributed by atoms with van der Waals surface area (Å²) in [5.74, 6) is 1.95. The van der Waals surface area contributed by atoms with Gasteiger partial charge in [-0.1, -0.05) is 42.5 Å². The molecular weight excluding hydrogens is 412 g/mol. The van der Waals surface area contributed by atoms with Crippen LogP contribution in [0.25, 0.3) is 16.9 Å². The zero-order valence-corrected chi connectivity index (χ0v) is 17.2. The molecule has 0 aliphatic heterocycles.